The van der Waals surface area contributed by atoms with Gasteiger partial charge in [0.15, 0.2) is 0 Å². The van der Waals surface area contributed by atoms with Gasteiger partial charge in [-0.05, 0) is 34.9 Å². The Bertz CT molecular complexity index is 1180. The van der Waals surface area contributed by atoms with Crippen molar-refractivity contribution in [2.24, 2.45) is 0 Å². The molecule has 1 fully saturated rings. The first-order chi connectivity index (χ1) is 16.5. The number of rotatable bonds is 6. The molecule has 0 saturated carbocycles. The van der Waals surface area contributed by atoms with E-state index in [1.54, 1.807) is 27.1 Å². The second kappa shape index (κ2) is 10.5. The van der Waals surface area contributed by atoms with Crippen molar-refractivity contribution in [2.75, 3.05) is 33.8 Å². The molecule has 176 valence electrons. The number of nitrogens with one attached hydrogen (secondary N) is 1. The van der Waals surface area contributed by atoms with E-state index in [2.05, 4.69) is 34.5 Å². The van der Waals surface area contributed by atoms with Gasteiger partial charge in [-0.25, -0.2) is 0 Å². The molecule has 0 aliphatic carbocycles. The minimum Gasteiger partial charge on any atom is -0.496 e. The molecule has 1 aliphatic rings. The van der Waals surface area contributed by atoms with Gasteiger partial charge in [-0.3, -0.25) is 14.5 Å². The first-order valence-corrected chi connectivity index (χ1v) is 11.5. The van der Waals surface area contributed by atoms with Crippen molar-refractivity contribution in [1.29, 1.82) is 0 Å². The molecule has 1 aliphatic heterocycles. The van der Waals surface area contributed by atoms with E-state index < -0.39 is 0 Å². The van der Waals surface area contributed by atoms with Crippen LogP contribution in [0.4, 0.5) is 0 Å². The third-order valence-electron chi connectivity index (χ3n) is 6.44. The van der Waals surface area contributed by atoms with Crippen molar-refractivity contribution < 1.29 is 14.3 Å². The summed E-state index contributed by atoms with van der Waals surface area (Å²) in [5, 5.41) is 2.68. The molecule has 0 radical (unpaired) electrons. The quantitative estimate of drug-likeness (QED) is 0.605. The summed E-state index contributed by atoms with van der Waals surface area (Å²) < 4.78 is 5.61. The van der Waals surface area contributed by atoms with Crippen molar-refractivity contribution in [3.63, 3.8) is 0 Å². The zero-order valence-corrected chi connectivity index (χ0v) is 20.0. The standard InChI is InChI=1S/C28H31N3O3/c1-20(32)31-16-15-30(19-26(31)21-10-8-11-22(17-21)28(33)29-2)18-23-9-4-5-12-24(23)25-13-6-7-14-27(25)34-3/h4-14,17,26H,15-16,18-19H2,1-3H3,(H,29,33). The van der Waals surface area contributed by atoms with E-state index in [1.807, 2.05) is 47.4 Å². The van der Waals surface area contributed by atoms with Crippen LogP contribution < -0.4 is 10.1 Å². The number of hydrogen-bond acceptors (Lipinski definition) is 4. The number of amides is 2. The molecule has 1 saturated heterocycles. The lowest BCUT2D eigenvalue weighted by Gasteiger charge is -2.41. The number of nitrogens with zero attached hydrogens (tertiary/aromatic N) is 2. The summed E-state index contributed by atoms with van der Waals surface area (Å²) in [6.45, 7) is 4.48. The van der Waals surface area contributed by atoms with Gasteiger partial charge in [0.2, 0.25) is 5.91 Å². The van der Waals surface area contributed by atoms with Crippen molar-refractivity contribution in [3.05, 3.63) is 89.5 Å². The van der Waals surface area contributed by atoms with Crippen LogP contribution in [-0.4, -0.2) is 55.4 Å². The predicted octanol–water partition coefficient (Wildman–Crippen LogP) is 4.13. The number of carbonyl (C=O) groups excluding carboxylic acids is 2. The Morgan fingerprint density at radius 2 is 1.71 bits per heavy atom. The molecule has 1 N–H and O–H groups in total. The molecule has 0 aromatic heterocycles. The van der Waals surface area contributed by atoms with Crippen molar-refractivity contribution in [2.45, 2.75) is 19.5 Å². The summed E-state index contributed by atoms with van der Waals surface area (Å²) in [5.74, 6) is 0.763. The Morgan fingerprint density at radius 1 is 0.971 bits per heavy atom. The highest BCUT2D eigenvalue weighted by molar-refractivity contribution is 5.94. The molecule has 3 aromatic rings. The minimum atomic E-state index is -0.130. The number of carbonyl (C=O) groups is 2. The normalized spacial score (nSPS) is 16.2. The van der Waals surface area contributed by atoms with Gasteiger partial charge < -0.3 is 15.0 Å². The number of benzene rings is 3. The highest BCUT2D eigenvalue weighted by Gasteiger charge is 2.30. The summed E-state index contributed by atoms with van der Waals surface area (Å²) in [7, 11) is 3.32. The second-order valence-electron chi connectivity index (χ2n) is 8.53. The summed E-state index contributed by atoms with van der Waals surface area (Å²) >= 11 is 0. The lowest BCUT2D eigenvalue weighted by molar-refractivity contribution is -0.134. The van der Waals surface area contributed by atoms with E-state index >= 15 is 0 Å². The van der Waals surface area contributed by atoms with Crippen LogP contribution in [0.3, 0.4) is 0 Å². The molecule has 0 spiro atoms. The van der Waals surface area contributed by atoms with Crippen LogP contribution in [0.1, 0.15) is 34.5 Å². The molecule has 2 amide bonds. The van der Waals surface area contributed by atoms with E-state index in [9.17, 15) is 9.59 Å². The Kier molecular flexibility index (Phi) is 7.28. The van der Waals surface area contributed by atoms with E-state index in [4.69, 9.17) is 4.74 Å². The molecular weight excluding hydrogens is 426 g/mol. The average molecular weight is 458 g/mol. The summed E-state index contributed by atoms with van der Waals surface area (Å²) in [4.78, 5) is 28.9. The molecule has 1 unspecified atom stereocenters. The lowest BCUT2D eigenvalue weighted by atomic mass is 9.96. The first kappa shape index (κ1) is 23.5. The molecular formula is C28H31N3O3. The molecule has 6 heteroatoms. The lowest BCUT2D eigenvalue weighted by Crippen LogP contribution is -2.49. The highest BCUT2D eigenvalue weighted by atomic mass is 16.5. The molecule has 0 bridgehead atoms. The van der Waals surface area contributed by atoms with E-state index in [0.717, 1.165) is 35.5 Å². The fourth-order valence-electron chi connectivity index (χ4n) is 4.71. The fourth-order valence-corrected chi connectivity index (χ4v) is 4.71. The van der Waals surface area contributed by atoms with Crippen LogP contribution in [-0.2, 0) is 11.3 Å². The van der Waals surface area contributed by atoms with Crippen LogP contribution in [0.25, 0.3) is 11.1 Å². The van der Waals surface area contributed by atoms with Gasteiger partial charge in [-0.15, -0.1) is 0 Å². The third-order valence-corrected chi connectivity index (χ3v) is 6.44. The first-order valence-electron chi connectivity index (χ1n) is 11.5. The van der Waals surface area contributed by atoms with Crippen molar-refractivity contribution >= 4 is 11.8 Å². The Morgan fingerprint density at radius 3 is 2.44 bits per heavy atom. The van der Waals surface area contributed by atoms with Gasteiger partial charge in [0, 0.05) is 51.3 Å². The smallest absolute Gasteiger partial charge is 0.251 e. The van der Waals surface area contributed by atoms with Gasteiger partial charge in [0.25, 0.3) is 5.91 Å². The number of ether oxygens (including phenoxy) is 1. The maximum Gasteiger partial charge on any atom is 0.251 e. The van der Waals surface area contributed by atoms with Gasteiger partial charge in [-0.2, -0.15) is 0 Å². The zero-order chi connectivity index (χ0) is 24.1. The predicted molar refractivity (Wildman–Crippen MR) is 134 cm³/mol. The third kappa shape index (κ3) is 4.97. The molecule has 34 heavy (non-hydrogen) atoms. The highest BCUT2D eigenvalue weighted by Crippen LogP contribution is 2.34. The van der Waals surface area contributed by atoms with Gasteiger partial charge in [0.05, 0.1) is 13.2 Å². The topological polar surface area (TPSA) is 61.9 Å². The number of piperazine rings is 1. The molecule has 6 nitrogen and oxygen atoms in total. The largest absolute Gasteiger partial charge is 0.496 e. The zero-order valence-electron chi connectivity index (χ0n) is 20.0. The number of para-hydroxylation sites is 1. The molecule has 1 heterocycles. The van der Waals surface area contributed by atoms with E-state index in [-0.39, 0.29) is 17.9 Å². The SMILES string of the molecule is CNC(=O)c1cccc(C2CN(Cc3ccccc3-c3ccccc3OC)CCN2C(C)=O)c1. The monoisotopic (exact) mass is 457 g/mol. The Hall–Kier alpha value is -3.64. The summed E-state index contributed by atoms with van der Waals surface area (Å²) in [5.41, 5.74) is 4.99. The Labute approximate surface area is 201 Å². The maximum absolute atomic E-state index is 12.4. The maximum atomic E-state index is 12.4. The van der Waals surface area contributed by atoms with Gasteiger partial charge in [0.1, 0.15) is 5.75 Å². The van der Waals surface area contributed by atoms with Crippen molar-refractivity contribution in [3.8, 4) is 16.9 Å². The van der Waals surface area contributed by atoms with Crippen LogP contribution in [0.15, 0.2) is 72.8 Å². The fraction of sp³-hybridized carbons (Fsp3) is 0.286. The van der Waals surface area contributed by atoms with Crippen LogP contribution >= 0.6 is 0 Å². The van der Waals surface area contributed by atoms with Gasteiger partial charge >= 0.3 is 0 Å². The van der Waals surface area contributed by atoms with Crippen molar-refractivity contribution in [1.82, 2.24) is 15.1 Å². The van der Waals surface area contributed by atoms with Crippen LogP contribution in [0, 0.1) is 0 Å². The molecule has 1 atom stereocenters. The minimum absolute atomic E-state index is 0.0458. The Balaban J connectivity index is 1.62. The number of hydrogen-bond donors (Lipinski definition) is 1. The summed E-state index contributed by atoms with van der Waals surface area (Å²) in [6, 6.07) is 23.9. The summed E-state index contributed by atoms with van der Waals surface area (Å²) in [6.07, 6.45) is 0. The van der Waals surface area contributed by atoms with Crippen LogP contribution in [0.2, 0.25) is 0 Å². The molecule has 4 rings (SSSR count). The van der Waals surface area contributed by atoms with Gasteiger partial charge in [-0.1, -0.05) is 54.6 Å². The number of methoxy groups -OCH3 is 1. The van der Waals surface area contributed by atoms with E-state index in [0.29, 0.717) is 18.7 Å². The van der Waals surface area contributed by atoms with Crippen LogP contribution in [0.5, 0.6) is 5.75 Å². The second-order valence-corrected chi connectivity index (χ2v) is 8.53. The molecule has 3 aromatic carbocycles. The average Bonchev–Trinajstić information content (AvgIpc) is 2.88. The van der Waals surface area contributed by atoms with E-state index in [1.165, 1.54) is 5.56 Å².